The van der Waals surface area contributed by atoms with Crippen LogP contribution in [0.5, 0.6) is 17.2 Å². The van der Waals surface area contributed by atoms with E-state index in [1.807, 2.05) is 36.9 Å². The van der Waals surface area contributed by atoms with Crippen LogP contribution in [0.2, 0.25) is 0 Å². The van der Waals surface area contributed by atoms with Crippen LogP contribution in [0.25, 0.3) is 0 Å². The molecule has 184 valence electrons. The number of ether oxygens (including phenoxy) is 3. The number of nitrogens with one attached hydrogen (secondary N) is 1. The number of piperidine rings is 1. The molecule has 0 aromatic heterocycles. The molecule has 1 heterocycles. The van der Waals surface area contributed by atoms with E-state index in [1.165, 1.54) is 0 Å². The van der Waals surface area contributed by atoms with Crippen molar-refractivity contribution in [2.75, 3.05) is 40.5 Å². The molecule has 0 aliphatic carbocycles. The minimum absolute atomic E-state index is 0.00710. The number of likely N-dealkylation sites (tertiary alicyclic amines) is 1. The molecule has 1 aliphatic rings. The number of carbonyl (C=O) groups is 2. The number of rotatable bonds is 10. The molecule has 2 aromatic carbocycles. The summed E-state index contributed by atoms with van der Waals surface area (Å²) in [4.78, 5) is 27.0. The van der Waals surface area contributed by atoms with Gasteiger partial charge < -0.3 is 24.4 Å². The van der Waals surface area contributed by atoms with Gasteiger partial charge in [-0.25, -0.2) is 0 Å². The fraction of sp³-hybridized carbons (Fsp3) is 0.481. The maximum Gasteiger partial charge on any atom is 0.253 e. The molecule has 7 nitrogen and oxygen atoms in total. The first-order valence-electron chi connectivity index (χ1n) is 11.9. The van der Waals surface area contributed by atoms with Gasteiger partial charge in [0.05, 0.1) is 20.8 Å². The Balaban J connectivity index is 1.36. The van der Waals surface area contributed by atoms with Crippen molar-refractivity contribution < 1.29 is 23.8 Å². The number of carbonyl (C=O) groups excluding carboxylic acids is 2. The van der Waals surface area contributed by atoms with E-state index in [-0.39, 0.29) is 11.8 Å². The van der Waals surface area contributed by atoms with Crippen molar-refractivity contribution >= 4 is 11.8 Å². The minimum Gasteiger partial charge on any atom is -0.493 e. The van der Waals surface area contributed by atoms with Gasteiger partial charge in [0.25, 0.3) is 5.91 Å². The summed E-state index contributed by atoms with van der Waals surface area (Å²) in [7, 11) is 3.13. The van der Waals surface area contributed by atoms with Gasteiger partial charge in [-0.05, 0) is 68.4 Å². The SMILES string of the molecule is COc1ccc(C(=O)N2CCC(CNC(=O)CCCOc3c(C)cccc3C)CC2)cc1OC. The smallest absolute Gasteiger partial charge is 0.253 e. The summed E-state index contributed by atoms with van der Waals surface area (Å²) in [5.74, 6) is 2.48. The molecular formula is C27H36N2O5. The number of para-hydroxylation sites is 1. The average molecular weight is 469 g/mol. The van der Waals surface area contributed by atoms with Crippen molar-refractivity contribution in [1.82, 2.24) is 10.2 Å². The summed E-state index contributed by atoms with van der Waals surface area (Å²) in [5, 5.41) is 3.05. The topological polar surface area (TPSA) is 77.1 Å². The zero-order valence-electron chi connectivity index (χ0n) is 20.7. The molecule has 0 spiro atoms. The van der Waals surface area contributed by atoms with Gasteiger partial charge in [-0.3, -0.25) is 9.59 Å². The van der Waals surface area contributed by atoms with Crippen LogP contribution >= 0.6 is 0 Å². The molecule has 0 saturated carbocycles. The number of methoxy groups -OCH3 is 2. The lowest BCUT2D eigenvalue weighted by Crippen LogP contribution is -2.41. The highest BCUT2D eigenvalue weighted by Gasteiger charge is 2.24. The summed E-state index contributed by atoms with van der Waals surface area (Å²) < 4.78 is 16.4. The highest BCUT2D eigenvalue weighted by Crippen LogP contribution is 2.29. The van der Waals surface area contributed by atoms with E-state index in [2.05, 4.69) is 5.32 Å². The fourth-order valence-corrected chi connectivity index (χ4v) is 4.27. The van der Waals surface area contributed by atoms with E-state index >= 15 is 0 Å². The van der Waals surface area contributed by atoms with Gasteiger partial charge in [-0.2, -0.15) is 0 Å². The first kappa shape index (κ1) is 25.4. The van der Waals surface area contributed by atoms with Gasteiger partial charge >= 0.3 is 0 Å². The second-order valence-electron chi connectivity index (χ2n) is 8.78. The highest BCUT2D eigenvalue weighted by atomic mass is 16.5. The molecule has 0 atom stereocenters. The number of amides is 2. The monoisotopic (exact) mass is 468 g/mol. The Hall–Kier alpha value is -3.22. The van der Waals surface area contributed by atoms with Gasteiger partial charge in [0, 0.05) is 31.6 Å². The third-order valence-electron chi connectivity index (χ3n) is 6.32. The molecule has 1 saturated heterocycles. The molecule has 3 rings (SSSR count). The fourth-order valence-electron chi connectivity index (χ4n) is 4.27. The van der Waals surface area contributed by atoms with Crippen LogP contribution in [0, 0.1) is 19.8 Å². The minimum atomic E-state index is -0.00710. The summed E-state index contributed by atoms with van der Waals surface area (Å²) in [6.07, 6.45) is 2.86. The van der Waals surface area contributed by atoms with Crippen molar-refractivity contribution in [3.63, 3.8) is 0 Å². The van der Waals surface area contributed by atoms with Gasteiger partial charge in [0.1, 0.15) is 5.75 Å². The maximum absolute atomic E-state index is 12.9. The number of hydrogen-bond donors (Lipinski definition) is 1. The molecular weight excluding hydrogens is 432 g/mol. The third-order valence-corrected chi connectivity index (χ3v) is 6.32. The Morgan fingerprint density at radius 3 is 2.32 bits per heavy atom. The molecule has 1 N–H and O–H groups in total. The Labute approximate surface area is 202 Å². The lowest BCUT2D eigenvalue weighted by Gasteiger charge is -2.32. The Morgan fingerprint density at radius 1 is 1.00 bits per heavy atom. The second-order valence-corrected chi connectivity index (χ2v) is 8.78. The summed E-state index contributed by atoms with van der Waals surface area (Å²) in [6.45, 7) is 6.59. The lowest BCUT2D eigenvalue weighted by molar-refractivity contribution is -0.121. The molecule has 2 amide bonds. The quantitative estimate of drug-likeness (QED) is 0.530. The van der Waals surface area contributed by atoms with E-state index < -0.39 is 0 Å². The van der Waals surface area contributed by atoms with E-state index in [1.54, 1.807) is 32.4 Å². The van der Waals surface area contributed by atoms with Crippen LogP contribution in [-0.2, 0) is 4.79 Å². The van der Waals surface area contributed by atoms with Crippen LogP contribution in [0.4, 0.5) is 0 Å². The second kappa shape index (κ2) is 12.3. The van der Waals surface area contributed by atoms with Crippen molar-refractivity contribution in [1.29, 1.82) is 0 Å². The van der Waals surface area contributed by atoms with Crippen LogP contribution in [-0.4, -0.2) is 57.2 Å². The Bertz CT molecular complexity index is 963. The number of hydrogen-bond acceptors (Lipinski definition) is 5. The number of nitrogens with zero attached hydrogens (tertiary/aromatic N) is 1. The molecule has 7 heteroatoms. The van der Waals surface area contributed by atoms with E-state index in [4.69, 9.17) is 14.2 Å². The number of benzene rings is 2. The van der Waals surface area contributed by atoms with Gasteiger partial charge in [0.2, 0.25) is 5.91 Å². The van der Waals surface area contributed by atoms with Crippen LogP contribution in [0.15, 0.2) is 36.4 Å². The maximum atomic E-state index is 12.9. The first-order valence-corrected chi connectivity index (χ1v) is 11.9. The van der Waals surface area contributed by atoms with Crippen molar-refractivity contribution in [2.45, 2.75) is 39.5 Å². The predicted octanol–water partition coefficient (Wildman–Crippen LogP) is 4.15. The normalized spacial score (nSPS) is 13.9. The first-order chi connectivity index (χ1) is 16.4. The molecule has 0 radical (unpaired) electrons. The highest BCUT2D eigenvalue weighted by molar-refractivity contribution is 5.95. The summed E-state index contributed by atoms with van der Waals surface area (Å²) >= 11 is 0. The van der Waals surface area contributed by atoms with Crippen LogP contribution in [0.1, 0.15) is 47.2 Å². The predicted molar refractivity (Wildman–Crippen MR) is 132 cm³/mol. The number of aryl methyl sites for hydroxylation is 2. The summed E-state index contributed by atoms with van der Waals surface area (Å²) in [6, 6.07) is 11.3. The molecule has 34 heavy (non-hydrogen) atoms. The molecule has 2 aromatic rings. The Morgan fingerprint density at radius 2 is 1.68 bits per heavy atom. The van der Waals surface area contributed by atoms with Gasteiger partial charge in [-0.15, -0.1) is 0 Å². The summed E-state index contributed by atoms with van der Waals surface area (Å²) in [5.41, 5.74) is 2.81. The van der Waals surface area contributed by atoms with E-state index in [0.29, 0.717) is 62.1 Å². The van der Waals surface area contributed by atoms with Crippen LogP contribution < -0.4 is 19.5 Å². The van der Waals surface area contributed by atoms with E-state index in [0.717, 1.165) is 29.7 Å². The zero-order valence-corrected chi connectivity index (χ0v) is 20.7. The molecule has 1 aliphatic heterocycles. The van der Waals surface area contributed by atoms with Crippen molar-refractivity contribution in [3.05, 3.63) is 53.1 Å². The van der Waals surface area contributed by atoms with Crippen molar-refractivity contribution in [3.8, 4) is 17.2 Å². The zero-order chi connectivity index (χ0) is 24.5. The lowest BCUT2D eigenvalue weighted by atomic mass is 9.96. The molecule has 0 bridgehead atoms. The van der Waals surface area contributed by atoms with Gasteiger partial charge in [0.15, 0.2) is 11.5 Å². The van der Waals surface area contributed by atoms with E-state index in [9.17, 15) is 9.59 Å². The third kappa shape index (κ3) is 6.65. The van der Waals surface area contributed by atoms with Gasteiger partial charge in [-0.1, -0.05) is 18.2 Å². The molecule has 1 fully saturated rings. The molecule has 0 unspecified atom stereocenters. The van der Waals surface area contributed by atoms with Crippen molar-refractivity contribution in [2.24, 2.45) is 5.92 Å². The van der Waals surface area contributed by atoms with Crippen LogP contribution in [0.3, 0.4) is 0 Å². The average Bonchev–Trinajstić information content (AvgIpc) is 2.86. The standard InChI is InChI=1S/C27H36N2O5/c1-19-7-5-8-20(2)26(19)34-16-6-9-25(30)28-18-21-12-14-29(15-13-21)27(31)22-10-11-23(32-3)24(17-22)33-4/h5,7-8,10-11,17,21H,6,9,12-16,18H2,1-4H3,(H,28,30). The Kier molecular flexibility index (Phi) is 9.19. The largest absolute Gasteiger partial charge is 0.493 e.